The molecule has 0 aromatic rings. The summed E-state index contributed by atoms with van der Waals surface area (Å²) in [6.07, 6.45) is 7.94. The van der Waals surface area contributed by atoms with Crippen LogP contribution in [0.1, 0.15) is 109 Å². The van der Waals surface area contributed by atoms with Gasteiger partial charge in [0.15, 0.2) is 0 Å². The second-order valence-corrected chi connectivity index (χ2v) is 7.11. The molecule has 0 amide bonds. The number of hydrogen-bond donors (Lipinski definition) is 1. The highest BCUT2D eigenvalue weighted by Gasteiger charge is 2.07. The maximum Gasteiger partial charge on any atom is 0.142 e. The zero-order chi connectivity index (χ0) is 23.5. The van der Waals surface area contributed by atoms with Crippen molar-refractivity contribution in [3.8, 4) is 0 Å². The molecule has 0 aliphatic heterocycles. The van der Waals surface area contributed by atoms with Crippen molar-refractivity contribution >= 4 is 6.29 Å². The number of aldehydes is 1. The smallest absolute Gasteiger partial charge is 0.142 e. The normalized spacial score (nSPS) is 11.4. The molecule has 0 spiro atoms. The molecule has 0 saturated heterocycles. The van der Waals surface area contributed by atoms with Crippen molar-refractivity contribution in [2.75, 3.05) is 7.05 Å². The van der Waals surface area contributed by atoms with Crippen molar-refractivity contribution < 1.29 is 4.79 Å². The van der Waals surface area contributed by atoms with Crippen LogP contribution in [0.3, 0.4) is 0 Å². The van der Waals surface area contributed by atoms with Crippen molar-refractivity contribution in [3.05, 3.63) is 24.3 Å². The minimum absolute atomic E-state index is 0.500. The van der Waals surface area contributed by atoms with Crippen molar-refractivity contribution in [2.45, 2.75) is 109 Å². The van der Waals surface area contributed by atoms with Crippen LogP contribution in [0.5, 0.6) is 0 Å². The summed E-state index contributed by atoms with van der Waals surface area (Å²) in [5, 5.41) is 0. The molecule has 0 aromatic carbocycles. The molecule has 27 heavy (non-hydrogen) atoms. The fourth-order valence-electron chi connectivity index (χ4n) is 1.40. The minimum Gasteiger partial charge on any atom is -0.333 e. The number of rotatable bonds is 7. The Morgan fingerprint density at radius 3 is 1.56 bits per heavy atom. The zero-order valence-corrected chi connectivity index (χ0v) is 21.7. The Kier molecular flexibility index (Phi) is 54.4. The molecule has 0 bridgehead atoms. The first-order valence-electron chi connectivity index (χ1n) is 10.9. The zero-order valence-electron chi connectivity index (χ0n) is 21.7. The summed E-state index contributed by atoms with van der Waals surface area (Å²) in [7, 11) is 1.50. The Morgan fingerprint density at radius 2 is 1.30 bits per heavy atom. The van der Waals surface area contributed by atoms with E-state index in [9.17, 15) is 4.79 Å². The number of allylic oxidation sites excluding steroid dienone is 3. The largest absolute Gasteiger partial charge is 0.333 e. The van der Waals surface area contributed by atoms with Gasteiger partial charge in [0.25, 0.3) is 0 Å². The van der Waals surface area contributed by atoms with Gasteiger partial charge in [0.2, 0.25) is 0 Å². The fraction of sp³-hybridized carbons (Fsp3) is 0.800. The highest BCUT2D eigenvalue weighted by molar-refractivity contribution is 5.65. The molecule has 2 N–H and O–H groups in total. The van der Waals surface area contributed by atoms with Crippen LogP contribution >= 0.6 is 0 Å². The molecule has 0 heterocycles. The van der Waals surface area contributed by atoms with Crippen molar-refractivity contribution in [3.63, 3.8) is 0 Å². The summed E-state index contributed by atoms with van der Waals surface area (Å²) in [4.78, 5) is 10.2. The molecule has 2 nitrogen and oxygen atoms in total. The fourth-order valence-corrected chi connectivity index (χ4v) is 1.40. The summed E-state index contributed by atoms with van der Waals surface area (Å²) in [5.74, 6) is 1.28. The van der Waals surface area contributed by atoms with Crippen LogP contribution in [0.2, 0.25) is 0 Å². The molecular weight excluding hydrogens is 330 g/mol. The molecule has 0 fully saturated rings. The molecule has 0 rings (SSSR count). The van der Waals surface area contributed by atoms with Gasteiger partial charge in [-0.3, -0.25) is 4.79 Å². The minimum atomic E-state index is 0.500. The molecular formula is C25H57NO. The van der Waals surface area contributed by atoms with Gasteiger partial charge in [0.05, 0.1) is 0 Å². The lowest BCUT2D eigenvalue weighted by molar-refractivity contribution is -0.104. The monoisotopic (exact) mass is 387 g/mol. The van der Waals surface area contributed by atoms with Gasteiger partial charge in [-0.25, -0.2) is 0 Å². The van der Waals surface area contributed by atoms with Gasteiger partial charge in [0.1, 0.15) is 6.29 Å². The van der Waals surface area contributed by atoms with Gasteiger partial charge >= 0.3 is 0 Å². The van der Waals surface area contributed by atoms with Crippen LogP contribution in [0.25, 0.3) is 0 Å². The Bertz CT molecular complexity index is 269. The standard InChI is InChI=1S/C13H22O.C5H12.3C2H6.CH5N/c1-5-12(3)13(4)8-6-7-11(2)9-10-14;1-5(2,3)4;4*1-2/h5,9-10,12-13H,1,6-8H2,2-4H3;1-4H3;3*1-2H3;2H2,1H3/b11-9+;;;;;. The molecule has 2 atom stereocenters. The molecule has 0 aromatic heterocycles. The van der Waals surface area contributed by atoms with Crippen molar-refractivity contribution in [1.29, 1.82) is 0 Å². The topological polar surface area (TPSA) is 43.1 Å². The first-order valence-corrected chi connectivity index (χ1v) is 10.9. The van der Waals surface area contributed by atoms with Gasteiger partial charge < -0.3 is 5.73 Å². The summed E-state index contributed by atoms with van der Waals surface area (Å²) in [6, 6.07) is 0. The predicted molar refractivity (Wildman–Crippen MR) is 131 cm³/mol. The Balaban J connectivity index is -0.0000000704. The van der Waals surface area contributed by atoms with E-state index in [4.69, 9.17) is 0 Å². The highest BCUT2D eigenvalue weighted by Crippen LogP contribution is 2.19. The number of nitrogens with two attached hydrogens (primary N) is 1. The average molecular weight is 388 g/mol. The van der Waals surface area contributed by atoms with Crippen LogP contribution < -0.4 is 5.73 Å². The van der Waals surface area contributed by atoms with E-state index < -0.39 is 0 Å². The molecule has 2 heteroatoms. The summed E-state index contributed by atoms with van der Waals surface area (Å²) in [5.41, 5.74) is 6.18. The van der Waals surface area contributed by atoms with Crippen molar-refractivity contribution in [1.82, 2.24) is 0 Å². The quantitative estimate of drug-likeness (QED) is 0.270. The SMILES string of the molecule is C=CC(C)C(C)CCC/C(C)=C/C=O.CC.CC.CC.CC(C)(C)C.CN. The Labute approximate surface area is 175 Å². The van der Waals surface area contributed by atoms with E-state index in [1.807, 2.05) is 54.5 Å². The van der Waals surface area contributed by atoms with E-state index in [2.05, 4.69) is 53.9 Å². The van der Waals surface area contributed by atoms with E-state index in [0.29, 0.717) is 17.3 Å². The van der Waals surface area contributed by atoms with Gasteiger partial charge in [-0.2, -0.15) is 0 Å². The van der Waals surface area contributed by atoms with Crippen LogP contribution in [0.4, 0.5) is 0 Å². The second-order valence-electron chi connectivity index (χ2n) is 7.11. The molecule has 0 saturated carbocycles. The molecule has 168 valence electrons. The third-order valence-corrected chi connectivity index (χ3v) is 2.85. The number of carbonyl (C=O) groups excluding carboxylic acids is 1. The maximum absolute atomic E-state index is 10.2. The third kappa shape index (κ3) is 67.4. The van der Waals surface area contributed by atoms with Gasteiger partial charge in [-0.1, -0.05) is 94.7 Å². The van der Waals surface area contributed by atoms with E-state index in [1.165, 1.54) is 19.0 Å². The lowest BCUT2D eigenvalue weighted by Gasteiger charge is -2.15. The second kappa shape index (κ2) is 36.1. The number of carbonyl (C=O) groups is 1. The third-order valence-electron chi connectivity index (χ3n) is 2.85. The van der Waals surface area contributed by atoms with E-state index in [0.717, 1.165) is 19.1 Å². The predicted octanol–water partition coefficient (Wildman–Crippen LogP) is 8.47. The molecule has 0 radical (unpaired) electrons. The highest BCUT2D eigenvalue weighted by atomic mass is 16.1. The summed E-state index contributed by atoms with van der Waals surface area (Å²) in [6.45, 7) is 31.0. The summed E-state index contributed by atoms with van der Waals surface area (Å²) >= 11 is 0. The van der Waals surface area contributed by atoms with E-state index >= 15 is 0 Å². The first-order chi connectivity index (χ1) is 12.6. The lowest BCUT2D eigenvalue weighted by atomic mass is 9.90. The van der Waals surface area contributed by atoms with Crippen molar-refractivity contribution in [2.24, 2.45) is 23.0 Å². The van der Waals surface area contributed by atoms with Gasteiger partial charge in [-0.15, -0.1) is 6.58 Å². The number of hydrogen-bond acceptors (Lipinski definition) is 2. The summed E-state index contributed by atoms with van der Waals surface area (Å²) < 4.78 is 0. The molecule has 2 unspecified atom stereocenters. The Morgan fingerprint density at radius 1 is 0.963 bits per heavy atom. The van der Waals surface area contributed by atoms with Crippen LogP contribution in [-0.2, 0) is 4.79 Å². The van der Waals surface area contributed by atoms with Crippen LogP contribution in [0.15, 0.2) is 24.3 Å². The maximum atomic E-state index is 10.2. The molecule has 0 aliphatic carbocycles. The Hall–Kier alpha value is -0.890. The van der Waals surface area contributed by atoms with E-state index in [-0.39, 0.29) is 0 Å². The lowest BCUT2D eigenvalue weighted by Crippen LogP contribution is -2.04. The van der Waals surface area contributed by atoms with Crippen LogP contribution in [-0.4, -0.2) is 13.3 Å². The van der Waals surface area contributed by atoms with Gasteiger partial charge in [0, 0.05) is 0 Å². The van der Waals surface area contributed by atoms with Gasteiger partial charge in [-0.05, 0) is 56.6 Å². The van der Waals surface area contributed by atoms with E-state index in [1.54, 1.807) is 6.08 Å². The molecule has 0 aliphatic rings. The average Bonchev–Trinajstić information content (AvgIpc) is 2.66. The van der Waals surface area contributed by atoms with Crippen LogP contribution in [0, 0.1) is 17.3 Å². The first kappa shape index (κ1) is 40.7.